The molecule has 9 heteroatoms. The van der Waals surface area contributed by atoms with E-state index in [0.29, 0.717) is 0 Å². The van der Waals surface area contributed by atoms with E-state index in [1.807, 2.05) is 22.6 Å². The standard InChI is InChI=1S/C8H3ClF3IN4/c9-7-15-5(8(10,11)12)1-6(16-7)17-3-4(13)2-14-17/h1-3H. The molecule has 2 heterocycles. The molecule has 0 aliphatic heterocycles. The van der Waals surface area contributed by atoms with Gasteiger partial charge in [-0.05, 0) is 34.2 Å². The SMILES string of the molecule is FC(F)(F)c1cc(-n2cc(I)cn2)nc(Cl)n1. The zero-order chi connectivity index (χ0) is 12.6. The largest absolute Gasteiger partial charge is 0.433 e. The van der Waals surface area contributed by atoms with Crippen LogP contribution in [-0.2, 0) is 6.18 Å². The first-order valence-corrected chi connectivity index (χ1v) is 5.64. The van der Waals surface area contributed by atoms with E-state index < -0.39 is 17.2 Å². The molecule has 0 aliphatic carbocycles. The Labute approximate surface area is 112 Å². The smallest absolute Gasteiger partial charge is 0.221 e. The summed E-state index contributed by atoms with van der Waals surface area (Å²) in [6, 6.07) is 0.787. The van der Waals surface area contributed by atoms with Gasteiger partial charge in [-0.25, -0.2) is 9.67 Å². The minimum absolute atomic E-state index is 0.0276. The molecule has 0 unspecified atom stereocenters. The molecule has 17 heavy (non-hydrogen) atoms. The van der Waals surface area contributed by atoms with Gasteiger partial charge in [-0.3, -0.25) is 0 Å². The maximum atomic E-state index is 12.5. The molecule has 0 amide bonds. The third kappa shape index (κ3) is 2.86. The molecule has 0 spiro atoms. The lowest BCUT2D eigenvalue weighted by Gasteiger charge is -2.07. The highest BCUT2D eigenvalue weighted by Crippen LogP contribution is 2.29. The minimum atomic E-state index is -4.57. The maximum absolute atomic E-state index is 12.5. The van der Waals surface area contributed by atoms with Crippen LogP contribution in [0.25, 0.3) is 5.82 Å². The number of nitrogens with zero attached hydrogens (tertiary/aromatic N) is 4. The van der Waals surface area contributed by atoms with Gasteiger partial charge in [0.05, 0.1) is 9.77 Å². The Morgan fingerprint density at radius 1 is 1.29 bits per heavy atom. The quantitative estimate of drug-likeness (QED) is 0.569. The van der Waals surface area contributed by atoms with Crippen LogP contribution in [0.15, 0.2) is 18.5 Å². The lowest BCUT2D eigenvalue weighted by Crippen LogP contribution is -2.11. The second-order valence-corrected chi connectivity index (χ2v) is 4.56. The summed E-state index contributed by atoms with van der Waals surface area (Å²) in [5.74, 6) is -0.0276. The predicted molar refractivity (Wildman–Crippen MR) is 61.9 cm³/mol. The Morgan fingerprint density at radius 3 is 2.53 bits per heavy atom. The predicted octanol–water partition coefficient (Wildman–Crippen LogP) is 2.94. The van der Waals surface area contributed by atoms with Gasteiger partial charge in [-0.1, -0.05) is 0 Å². The van der Waals surface area contributed by atoms with Gasteiger partial charge < -0.3 is 0 Å². The van der Waals surface area contributed by atoms with Gasteiger partial charge in [-0.15, -0.1) is 0 Å². The zero-order valence-corrected chi connectivity index (χ0v) is 10.8. The molecule has 0 N–H and O–H groups in total. The van der Waals surface area contributed by atoms with Crippen molar-refractivity contribution in [2.24, 2.45) is 0 Å². The third-order valence-corrected chi connectivity index (χ3v) is 2.49. The second-order valence-electron chi connectivity index (χ2n) is 2.98. The zero-order valence-electron chi connectivity index (χ0n) is 7.91. The molecule has 0 aromatic carbocycles. The van der Waals surface area contributed by atoms with Crippen molar-refractivity contribution in [1.29, 1.82) is 0 Å². The van der Waals surface area contributed by atoms with E-state index in [1.54, 1.807) is 0 Å². The summed E-state index contributed by atoms with van der Waals surface area (Å²) in [4.78, 5) is 6.81. The van der Waals surface area contributed by atoms with Gasteiger partial charge >= 0.3 is 6.18 Å². The fourth-order valence-electron chi connectivity index (χ4n) is 1.09. The second kappa shape index (κ2) is 4.41. The van der Waals surface area contributed by atoms with Gasteiger partial charge in [0.25, 0.3) is 0 Å². The molecule has 0 saturated carbocycles. The highest BCUT2D eigenvalue weighted by molar-refractivity contribution is 14.1. The first-order chi connectivity index (χ1) is 7.86. The molecule has 0 fully saturated rings. The van der Waals surface area contributed by atoms with Crippen LogP contribution in [0.3, 0.4) is 0 Å². The van der Waals surface area contributed by atoms with E-state index in [4.69, 9.17) is 11.6 Å². The van der Waals surface area contributed by atoms with Crippen LogP contribution in [0, 0.1) is 3.57 Å². The molecular weight excluding hydrogens is 371 g/mol. The number of hydrogen-bond acceptors (Lipinski definition) is 3. The molecular formula is C8H3ClF3IN4. The molecule has 2 aromatic heterocycles. The minimum Gasteiger partial charge on any atom is -0.221 e. The van der Waals surface area contributed by atoms with Crippen LogP contribution < -0.4 is 0 Å². The van der Waals surface area contributed by atoms with Gasteiger partial charge in [0.1, 0.15) is 0 Å². The van der Waals surface area contributed by atoms with Gasteiger partial charge in [0, 0.05) is 12.3 Å². The molecule has 0 aliphatic rings. The Morgan fingerprint density at radius 2 is 2.00 bits per heavy atom. The van der Waals surface area contributed by atoms with Crippen LogP contribution in [0.4, 0.5) is 13.2 Å². The fraction of sp³-hybridized carbons (Fsp3) is 0.125. The number of rotatable bonds is 1. The lowest BCUT2D eigenvalue weighted by molar-refractivity contribution is -0.141. The van der Waals surface area contributed by atoms with E-state index in [9.17, 15) is 13.2 Å². The van der Waals surface area contributed by atoms with Crippen molar-refractivity contribution in [1.82, 2.24) is 19.7 Å². The summed E-state index contributed by atoms with van der Waals surface area (Å²) in [5, 5.41) is 3.37. The van der Waals surface area contributed by atoms with Gasteiger partial charge in [-0.2, -0.15) is 23.3 Å². The molecule has 2 aromatic rings. The summed E-state index contributed by atoms with van der Waals surface area (Å²) in [7, 11) is 0. The van der Waals surface area contributed by atoms with Gasteiger partial charge in [0.15, 0.2) is 11.5 Å². The van der Waals surface area contributed by atoms with Crippen molar-refractivity contribution in [2.75, 3.05) is 0 Å². The monoisotopic (exact) mass is 374 g/mol. The third-order valence-electron chi connectivity index (χ3n) is 1.76. The first-order valence-electron chi connectivity index (χ1n) is 4.18. The van der Waals surface area contributed by atoms with E-state index >= 15 is 0 Å². The normalized spacial score (nSPS) is 11.8. The van der Waals surface area contributed by atoms with Crippen molar-refractivity contribution < 1.29 is 13.2 Å². The highest BCUT2D eigenvalue weighted by Gasteiger charge is 2.33. The summed E-state index contributed by atoms with van der Waals surface area (Å²) in [5.41, 5.74) is -1.10. The van der Waals surface area contributed by atoms with E-state index in [1.165, 1.54) is 17.1 Å². The van der Waals surface area contributed by atoms with Crippen LogP contribution in [0.5, 0.6) is 0 Å². The van der Waals surface area contributed by atoms with Gasteiger partial charge in [0.2, 0.25) is 5.28 Å². The first kappa shape index (κ1) is 12.6. The summed E-state index contributed by atoms with van der Waals surface area (Å²) in [6.45, 7) is 0. The molecule has 90 valence electrons. The van der Waals surface area contributed by atoms with Crippen molar-refractivity contribution in [3.8, 4) is 5.82 Å². The fourth-order valence-corrected chi connectivity index (χ4v) is 1.66. The molecule has 2 rings (SSSR count). The molecule has 4 nitrogen and oxygen atoms in total. The van der Waals surface area contributed by atoms with Crippen LogP contribution >= 0.6 is 34.2 Å². The molecule has 0 saturated heterocycles. The summed E-state index contributed by atoms with van der Waals surface area (Å²) < 4.78 is 39.4. The van der Waals surface area contributed by atoms with E-state index in [-0.39, 0.29) is 5.82 Å². The van der Waals surface area contributed by atoms with E-state index in [2.05, 4.69) is 15.1 Å². The molecule has 0 bridgehead atoms. The van der Waals surface area contributed by atoms with Crippen LogP contribution in [0.1, 0.15) is 5.69 Å². The topological polar surface area (TPSA) is 43.6 Å². The van der Waals surface area contributed by atoms with Crippen LogP contribution in [0.2, 0.25) is 5.28 Å². The summed E-state index contributed by atoms with van der Waals surface area (Å²) in [6.07, 6.45) is -1.55. The average molecular weight is 374 g/mol. The Kier molecular flexibility index (Phi) is 3.25. The Bertz CT molecular complexity index is 554. The Balaban J connectivity index is 2.52. The average Bonchev–Trinajstić information content (AvgIpc) is 2.62. The number of alkyl halides is 3. The van der Waals surface area contributed by atoms with Crippen molar-refractivity contribution in [2.45, 2.75) is 6.18 Å². The van der Waals surface area contributed by atoms with Crippen LogP contribution in [-0.4, -0.2) is 19.7 Å². The highest BCUT2D eigenvalue weighted by atomic mass is 127. The van der Waals surface area contributed by atoms with Crippen molar-refractivity contribution in [3.63, 3.8) is 0 Å². The maximum Gasteiger partial charge on any atom is 0.433 e. The van der Waals surface area contributed by atoms with E-state index in [0.717, 1.165) is 9.64 Å². The molecule has 0 radical (unpaired) electrons. The number of aromatic nitrogens is 4. The number of hydrogen-bond donors (Lipinski definition) is 0. The summed E-state index contributed by atoms with van der Waals surface area (Å²) >= 11 is 7.43. The lowest BCUT2D eigenvalue weighted by atomic mass is 10.4. The molecule has 0 atom stereocenters. The Hall–Kier alpha value is -0.900. The number of halogens is 5. The van der Waals surface area contributed by atoms with Crippen molar-refractivity contribution in [3.05, 3.63) is 33.0 Å². The van der Waals surface area contributed by atoms with Crippen molar-refractivity contribution >= 4 is 34.2 Å².